The van der Waals surface area contributed by atoms with Crippen LogP contribution in [-0.4, -0.2) is 43.0 Å². The van der Waals surface area contributed by atoms with E-state index in [-0.39, 0.29) is 17.7 Å². The average molecular weight is 337 g/mol. The second kappa shape index (κ2) is 8.06. The van der Waals surface area contributed by atoms with E-state index in [0.29, 0.717) is 0 Å². The van der Waals surface area contributed by atoms with Gasteiger partial charge in [-0.1, -0.05) is 12.1 Å². The van der Waals surface area contributed by atoms with Crippen LogP contribution >= 0.6 is 11.8 Å². The molecule has 4 nitrogen and oxygen atoms in total. The number of urea groups is 1. The van der Waals surface area contributed by atoms with Gasteiger partial charge in [-0.3, -0.25) is 0 Å². The van der Waals surface area contributed by atoms with E-state index in [1.807, 2.05) is 11.8 Å². The van der Waals surface area contributed by atoms with Gasteiger partial charge in [-0.15, -0.1) is 11.8 Å². The number of methoxy groups -OCH3 is 1. The number of benzene rings is 1. The number of likely N-dealkylation sites (tertiary alicyclic amines) is 1. The van der Waals surface area contributed by atoms with Crippen molar-refractivity contribution >= 4 is 17.8 Å². The number of hydrogen-bond acceptors (Lipinski definition) is 3. The molecular formula is C18H28N2O2S. The van der Waals surface area contributed by atoms with Crippen LogP contribution in [0.1, 0.15) is 44.7 Å². The smallest absolute Gasteiger partial charge is 0.317 e. The first-order chi connectivity index (χ1) is 11.0. The van der Waals surface area contributed by atoms with Gasteiger partial charge in [0.2, 0.25) is 0 Å². The molecule has 0 radical (unpaired) electrons. The van der Waals surface area contributed by atoms with Crippen molar-refractivity contribution in [3.63, 3.8) is 0 Å². The summed E-state index contributed by atoms with van der Waals surface area (Å²) in [6, 6.07) is 8.39. The van der Waals surface area contributed by atoms with E-state index in [0.717, 1.165) is 37.9 Å². The second-order valence-corrected chi connectivity index (χ2v) is 7.32. The zero-order valence-electron chi connectivity index (χ0n) is 14.6. The summed E-state index contributed by atoms with van der Waals surface area (Å²) in [5, 5.41) is 3.12. The third kappa shape index (κ3) is 4.88. The van der Waals surface area contributed by atoms with Gasteiger partial charge in [0.15, 0.2) is 0 Å². The normalized spacial score (nSPS) is 23.2. The zero-order valence-corrected chi connectivity index (χ0v) is 15.4. The van der Waals surface area contributed by atoms with Gasteiger partial charge >= 0.3 is 6.03 Å². The van der Waals surface area contributed by atoms with Crippen LogP contribution in [0.4, 0.5) is 4.79 Å². The second-order valence-electron chi connectivity index (χ2n) is 6.44. The number of hydrogen-bond donors (Lipinski definition) is 1. The topological polar surface area (TPSA) is 41.6 Å². The maximum Gasteiger partial charge on any atom is 0.317 e. The predicted octanol–water partition coefficient (Wildman–Crippen LogP) is 4.07. The maximum atomic E-state index is 12.5. The Bertz CT molecular complexity index is 520. The summed E-state index contributed by atoms with van der Waals surface area (Å²) in [4.78, 5) is 15.7. The molecule has 23 heavy (non-hydrogen) atoms. The van der Waals surface area contributed by atoms with Gasteiger partial charge in [-0.05, 0) is 57.1 Å². The molecule has 2 amide bonds. The molecule has 0 saturated carbocycles. The Hall–Kier alpha value is -1.20. The number of carbonyl (C=O) groups excluding carboxylic acids is 1. The van der Waals surface area contributed by atoms with Crippen LogP contribution < -0.4 is 5.32 Å². The summed E-state index contributed by atoms with van der Waals surface area (Å²) < 4.78 is 5.60. The van der Waals surface area contributed by atoms with Crippen LogP contribution in [0.5, 0.6) is 0 Å². The first-order valence-electron chi connectivity index (χ1n) is 8.22. The van der Waals surface area contributed by atoms with E-state index in [1.54, 1.807) is 18.9 Å². The molecule has 1 heterocycles. The van der Waals surface area contributed by atoms with Crippen molar-refractivity contribution in [2.75, 3.05) is 26.5 Å². The number of ether oxygens (including phenoxy) is 1. The molecule has 1 aliphatic heterocycles. The lowest BCUT2D eigenvalue weighted by Crippen LogP contribution is -2.42. The molecule has 0 bridgehead atoms. The first kappa shape index (κ1) is 18.1. The highest BCUT2D eigenvalue weighted by Crippen LogP contribution is 2.25. The number of rotatable bonds is 4. The van der Waals surface area contributed by atoms with E-state index in [4.69, 9.17) is 4.74 Å². The largest absolute Gasteiger partial charge is 0.378 e. The van der Waals surface area contributed by atoms with Crippen LogP contribution in [0.2, 0.25) is 0 Å². The van der Waals surface area contributed by atoms with Crippen molar-refractivity contribution in [1.29, 1.82) is 0 Å². The average Bonchev–Trinajstić information content (AvgIpc) is 2.77. The van der Waals surface area contributed by atoms with Crippen LogP contribution in [0.3, 0.4) is 0 Å². The summed E-state index contributed by atoms with van der Waals surface area (Å²) in [6.45, 7) is 5.70. The Kier molecular flexibility index (Phi) is 6.36. The SMILES string of the molecule is COC1(C)CCCN(C(=O)N[C@H](C)c2ccc(SC)cc2)CC1. The molecule has 2 rings (SSSR count). The minimum atomic E-state index is -0.103. The van der Waals surface area contributed by atoms with Crippen molar-refractivity contribution in [1.82, 2.24) is 10.2 Å². The summed E-state index contributed by atoms with van der Waals surface area (Å²) in [5.74, 6) is 0. The standard InChI is InChI=1S/C18H28N2O2S/c1-14(15-6-8-16(23-4)9-7-15)19-17(21)20-12-5-10-18(2,22-3)11-13-20/h6-9,14H,5,10-13H2,1-4H3,(H,19,21)/t14-,18?/m1/s1. The minimum Gasteiger partial charge on any atom is -0.378 e. The van der Waals surface area contributed by atoms with E-state index >= 15 is 0 Å². The van der Waals surface area contributed by atoms with Crippen LogP contribution in [-0.2, 0) is 4.74 Å². The molecule has 1 saturated heterocycles. The number of carbonyl (C=O) groups is 1. The van der Waals surface area contributed by atoms with Crippen molar-refractivity contribution in [2.45, 2.75) is 49.6 Å². The molecule has 0 aliphatic carbocycles. The quantitative estimate of drug-likeness (QED) is 0.843. The predicted molar refractivity (Wildman–Crippen MR) is 96.0 cm³/mol. The molecule has 1 unspecified atom stereocenters. The molecule has 1 aromatic rings. The van der Waals surface area contributed by atoms with Gasteiger partial charge in [0, 0.05) is 25.1 Å². The van der Waals surface area contributed by atoms with Gasteiger partial charge in [0.05, 0.1) is 11.6 Å². The highest BCUT2D eigenvalue weighted by atomic mass is 32.2. The highest BCUT2D eigenvalue weighted by Gasteiger charge is 2.29. The molecule has 128 valence electrons. The van der Waals surface area contributed by atoms with Crippen molar-refractivity contribution in [3.8, 4) is 0 Å². The van der Waals surface area contributed by atoms with Crippen molar-refractivity contribution in [2.24, 2.45) is 0 Å². The zero-order chi connectivity index (χ0) is 16.9. The van der Waals surface area contributed by atoms with Crippen molar-refractivity contribution < 1.29 is 9.53 Å². The first-order valence-corrected chi connectivity index (χ1v) is 9.44. The van der Waals surface area contributed by atoms with Gasteiger partial charge in [-0.2, -0.15) is 0 Å². The number of thioether (sulfide) groups is 1. The summed E-state index contributed by atoms with van der Waals surface area (Å²) in [7, 11) is 1.76. The molecule has 5 heteroatoms. The van der Waals surface area contributed by atoms with E-state index in [2.05, 4.69) is 42.8 Å². The van der Waals surface area contributed by atoms with Gasteiger partial charge in [0.25, 0.3) is 0 Å². The summed E-state index contributed by atoms with van der Waals surface area (Å²) in [5.41, 5.74) is 1.03. The molecule has 1 aromatic carbocycles. The Morgan fingerprint density at radius 3 is 2.61 bits per heavy atom. The molecule has 0 aromatic heterocycles. The van der Waals surface area contributed by atoms with E-state index < -0.39 is 0 Å². The Morgan fingerprint density at radius 2 is 2.00 bits per heavy atom. The van der Waals surface area contributed by atoms with Gasteiger partial charge < -0.3 is 15.0 Å². The fourth-order valence-electron chi connectivity index (χ4n) is 2.91. The third-order valence-electron chi connectivity index (χ3n) is 4.78. The Morgan fingerprint density at radius 1 is 1.30 bits per heavy atom. The highest BCUT2D eigenvalue weighted by molar-refractivity contribution is 7.98. The molecule has 1 N–H and O–H groups in total. The van der Waals surface area contributed by atoms with E-state index in [9.17, 15) is 4.79 Å². The molecule has 1 aliphatic rings. The Labute approximate surface area is 144 Å². The van der Waals surface area contributed by atoms with Gasteiger partial charge in [0.1, 0.15) is 0 Å². The Balaban J connectivity index is 1.92. The third-order valence-corrected chi connectivity index (χ3v) is 5.52. The summed E-state index contributed by atoms with van der Waals surface area (Å²) >= 11 is 1.72. The molecule has 2 atom stereocenters. The summed E-state index contributed by atoms with van der Waals surface area (Å²) in [6.07, 6.45) is 4.93. The maximum absolute atomic E-state index is 12.5. The lowest BCUT2D eigenvalue weighted by atomic mass is 9.97. The fraction of sp³-hybridized carbons (Fsp3) is 0.611. The number of amides is 2. The lowest BCUT2D eigenvalue weighted by molar-refractivity contribution is -0.00500. The van der Waals surface area contributed by atoms with Crippen LogP contribution in [0.15, 0.2) is 29.2 Å². The number of nitrogens with zero attached hydrogens (tertiary/aromatic N) is 1. The van der Waals surface area contributed by atoms with Crippen LogP contribution in [0.25, 0.3) is 0 Å². The molecular weight excluding hydrogens is 308 g/mol. The van der Waals surface area contributed by atoms with E-state index in [1.165, 1.54) is 4.90 Å². The minimum absolute atomic E-state index is 0.00969. The number of nitrogens with one attached hydrogen (secondary N) is 1. The molecule has 1 fully saturated rings. The monoisotopic (exact) mass is 336 g/mol. The van der Waals surface area contributed by atoms with Gasteiger partial charge in [-0.25, -0.2) is 4.79 Å². The lowest BCUT2D eigenvalue weighted by Gasteiger charge is -2.27. The van der Waals surface area contributed by atoms with Crippen molar-refractivity contribution in [3.05, 3.63) is 29.8 Å². The fourth-order valence-corrected chi connectivity index (χ4v) is 3.32. The van der Waals surface area contributed by atoms with Crippen LogP contribution in [0, 0.1) is 0 Å². The molecule has 0 spiro atoms.